The number of nitrogens with one attached hydrogen (secondary N) is 1. The average molecular weight is 287 g/mol. The van der Waals surface area contributed by atoms with E-state index in [1.54, 1.807) is 19.1 Å². The standard InChI is InChI=1S/C18H19F2N/c1-11-3-6-15(18(20)17(11)19)10-13-5-8-16-14(9-13)7-4-12(2)21-16/h3,5-6,8-9,12,21H,4,7,10H2,1-2H3. The number of halogens is 2. The summed E-state index contributed by atoms with van der Waals surface area (Å²) in [5.74, 6) is -1.46. The monoisotopic (exact) mass is 287 g/mol. The Morgan fingerprint density at radius 3 is 2.76 bits per heavy atom. The second-order valence-corrected chi connectivity index (χ2v) is 5.92. The predicted octanol–water partition coefficient (Wildman–Crippen LogP) is 4.61. The maximum Gasteiger partial charge on any atom is 0.162 e. The zero-order valence-corrected chi connectivity index (χ0v) is 12.3. The minimum absolute atomic E-state index is 0.347. The highest BCUT2D eigenvalue weighted by molar-refractivity contribution is 5.55. The summed E-state index contributed by atoms with van der Waals surface area (Å²) < 4.78 is 27.6. The van der Waals surface area contributed by atoms with Crippen molar-refractivity contribution in [2.45, 2.75) is 39.2 Å². The molecule has 1 nitrogen and oxygen atoms in total. The van der Waals surface area contributed by atoms with Crippen LogP contribution in [0.1, 0.15) is 35.6 Å². The van der Waals surface area contributed by atoms with Crippen molar-refractivity contribution in [3.8, 4) is 0 Å². The molecule has 1 aliphatic heterocycles. The summed E-state index contributed by atoms with van der Waals surface area (Å²) in [5, 5.41) is 3.44. The van der Waals surface area contributed by atoms with Crippen molar-refractivity contribution in [2.75, 3.05) is 5.32 Å². The molecule has 1 atom stereocenters. The zero-order valence-electron chi connectivity index (χ0n) is 12.3. The van der Waals surface area contributed by atoms with Crippen LogP contribution < -0.4 is 5.32 Å². The summed E-state index contributed by atoms with van der Waals surface area (Å²) >= 11 is 0. The lowest BCUT2D eigenvalue weighted by Gasteiger charge is -2.24. The van der Waals surface area contributed by atoms with Gasteiger partial charge in [-0.05, 0) is 55.0 Å². The molecule has 0 spiro atoms. The minimum Gasteiger partial charge on any atom is -0.382 e. The third-order valence-corrected chi connectivity index (χ3v) is 4.17. The summed E-state index contributed by atoms with van der Waals surface area (Å²) in [6.07, 6.45) is 2.55. The molecule has 0 bridgehead atoms. The van der Waals surface area contributed by atoms with Crippen molar-refractivity contribution in [1.29, 1.82) is 0 Å². The number of rotatable bonds is 2. The fourth-order valence-electron chi connectivity index (χ4n) is 2.86. The molecule has 1 aliphatic rings. The van der Waals surface area contributed by atoms with Gasteiger partial charge in [0.25, 0.3) is 0 Å². The molecule has 3 heteroatoms. The highest BCUT2D eigenvalue weighted by Crippen LogP contribution is 2.27. The quantitative estimate of drug-likeness (QED) is 0.850. The molecule has 110 valence electrons. The van der Waals surface area contributed by atoms with Crippen LogP contribution in [0.25, 0.3) is 0 Å². The van der Waals surface area contributed by atoms with E-state index in [2.05, 4.69) is 18.3 Å². The highest BCUT2D eigenvalue weighted by atomic mass is 19.2. The van der Waals surface area contributed by atoms with Gasteiger partial charge in [-0.3, -0.25) is 0 Å². The van der Waals surface area contributed by atoms with E-state index in [1.165, 1.54) is 5.56 Å². The van der Waals surface area contributed by atoms with Gasteiger partial charge < -0.3 is 5.32 Å². The van der Waals surface area contributed by atoms with E-state index in [0.29, 0.717) is 23.6 Å². The molecule has 21 heavy (non-hydrogen) atoms. The lowest BCUT2D eigenvalue weighted by molar-refractivity contribution is 0.495. The summed E-state index contributed by atoms with van der Waals surface area (Å²) in [5.41, 5.74) is 4.20. The van der Waals surface area contributed by atoms with Gasteiger partial charge in [-0.2, -0.15) is 0 Å². The van der Waals surface area contributed by atoms with E-state index in [0.717, 1.165) is 24.1 Å². The third-order valence-electron chi connectivity index (χ3n) is 4.17. The second kappa shape index (κ2) is 5.47. The number of anilines is 1. The van der Waals surface area contributed by atoms with E-state index in [9.17, 15) is 8.78 Å². The first-order chi connectivity index (χ1) is 10.0. The van der Waals surface area contributed by atoms with Gasteiger partial charge in [0, 0.05) is 18.2 Å². The molecule has 0 amide bonds. The SMILES string of the molecule is Cc1ccc(Cc2ccc3c(c2)CCC(C)N3)c(F)c1F. The van der Waals surface area contributed by atoms with E-state index in [4.69, 9.17) is 0 Å². The Kier molecular flexibility index (Phi) is 3.66. The summed E-state index contributed by atoms with van der Waals surface area (Å²) in [6.45, 7) is 3.75. The van der Waals surface area contributed by atoms with Gasteiger partial charge in [0.15, 0.2) is 11.6 Å². The van der Waals surface area contributed by atoms with Crippen LogP contribution >= 0.6 is 0 Å². The molecule has 0 radical (unpaired) electrons. The average Bonchev–Trinajstić information content (AvgIpc) is 2.48. The lowest BCUT2D eigenvalue weighted by Crippen LogP contribution is -2.21. The Hall–Kier alpha value is -1.90. The van der Waals surface area contributed by atoms with Crippen LogP contribution in [0.2, 0.25) is 0 Å². The van der Waals surface area contributed by atoms with E-state index >= 15 is 0 Å². The molecule has 0 aliphatic carbocycles. The molecule has 2 aromatic rings. The normalized spacial score (nSPS) is 17.2. The molecular formula is C18H19F2N. The summed E-state index contributed by atoms with van der Waals surface area (Å²) in [4.78, 5) is 0. The van der Waals surface area contributed by atoms with Crippen molar-refractivity contribution in [3.05, 3.63) is 64.2 Å². The van der Waals surface area contributed by atoms with Gasteiger partial charge >= 0.3 is 0 Å². The van der Waals surface area contributed by atoms with Crippen LogP contribution in [-0.2, 0) is 12.8 Å². The second-order valence-electron chi connectivity index (χ2n) is 5.92. The van der Waals surface area contributed by atoms with E-state index < -0.39 is 11.6 Å². The number of aryl methyl sites for hydroxylation is 2. The maximum atomic E-state index is 14.0. The fourth-order valence-corrected chi connectivity index (χ4v) is 2.86. The third kappa shape index (κ3) is 2.78. The topological polar surface area (TPSA) is 12.0 Å². The Labute approximate surface area is 124 Å². The Bertz CT molecular complexity index is 679. The van der Waals surface area contributed by atoms with E-state index in [1.807, 2.05) is 12.1 Å². The van der Waals surface area contributed by atoms with Gasteiger partial charge in [0.2, 0.25) is 0 Å². The zero-order chi connectivity index (χ0) is 15.0. The van der Waals surface area contributed by atoms with Crippen molar-refractivity contribution in [2.24, 2.45) is 0 Å². The molecule has 3 rings (SSSR count). The van der Waals surface area contributed by atoms with Gasteiger partial charge in [-0.25, -0.2) is 8.78 Å². The Morgan fingerprint density at radius 2 is 1.95 bits per heavy atom. The summed E-state index contributed by atoms with van der Waals surface area (Å²) in [6, 6.07) is 9.94. The number of fused-ring (bicyclic) bond motifs is 1. The van der Waals surface area contributed by atoms with Crippen molar-refractivity contribution < 1.29 is 8.78 Å². The molecule has 0 aromatic heterocycles. The minimum atomic E-state index is -0.735. The number of hydrogen-bond acceptors (Lipinski definition) is 1. The largest absolute Gasteiger partial charge is 0.382 e. The molecule has 1 heterocycles. The molecule has 0 fully saturated rings. The smallest absolute Gasteiger partial charge is 0.162 e. The van der Waals surface area contributed by atoms with Crippen LogP contribution in [0, 0.1) is 18.6 Å². The van der Waals surface area contributed by atoms with Crippen LogP contribution in [0.3, 0.4) is 0 Å². The number of benzene rings is 2. The van der Waals surface area contributed by atoms with Crippen molar-refractivity contribution in [3.63, 3.8) is 0 Å². The van der Waals surface area contributed by atoms with Gasteiger partial charge in [-0.15, -0.1) is 0 Å². The first kappa shape index (κ1) is 14.1. The number of hydrogen-bond donors (Lipinski definition) is 1. The molecular weight excluding hydrogens is 268 g/mol. The van der Waals surface area contributed by atoms with Crippen LogP contribution in [0.5, 0.6) is 0 Å². The lowest BCUT2D eigenvalue weighted by atomic mass is 9.94. The fraction of sp³-hybridized carbons (Fsp3) is 0.333. The first-order valence-corrected chi connectivity index (χ1v) is 7.36. The molecule has 2 aromatic carbocycles. The summed E-state index contributed by atoms with van der Waals surface area (Å²) in [7, 11) is 0. The Morgan fingerprint density at radius 1 is 1.14 bits per heavy atom. The molecule has 0 saturated heterocycles. The Balaban J connectivity index is 1.88. The van der Waals surface area contributed by atoms with Crippen LogP contribution in [-0.4, -0.2) is 6.04 Å². The van der Waals surface area contributed by atoms with Crippen molar-refractivity contribution in [1.82, 2.24) is 0 Å². The van der Waals surface area contributed by atoms with E-state index in [-0.39, 0.29) is 0 Å². The van der Waals surface area contributed by atoms with Gasteiger partial charge in [-0.1, -0.05) is 24.3 Å². The van der Waals surface area contributed by atoms with Gasteiger partial charge in [0.05, 0.1) is 0 Å². The molecule has 1 unspecified atom stereocenters. The molecule has 0 saturated carbocycles. The van der Waals surface area contributed by atoms with Crippen LogP contribution in [0.15, 0.2) is 30.3 Å². The van der Waals surface area contributed by atoms with Crippen molar-refractivity contribution >= 4 is 5.69 Å². The van der Waals surface area contributed by atoms with Crippen LogP contribution in [0.4, 0.5) is 14.5 Å². The highest BCUT2D eigenvalue weighted by Gasteiger charge is 2.15. The maximum absolute atomic E-state index is 14.0. The first-order valence-electron chi connectivity index (χ1n) is 7.36. The van der Waals surface area contributed by atoms with Gasteiger partial charge in [0.1, 0.15) is 0 Å². The predicted molar refractivity (Wildman–Crippen MR) is 81.7 cm³/mol. The molecule has 1 N–H and O–H groups in total.